The number of nitrogens with zero attached hydrogens (tertiary/aromatic N) is 1. The zero-order valence-electron chi connectivity index (χ0n) is 15.5. The molecule has 1 unspecified atom stereocenters. The molecule has 3 aromatic rings. The molecule has 0 fully saturated rings. The van der Waals surface area contributed by atoms with E-state index in [2.05, 4.69) is 15.6 Å². The van der Waals surface area contributed by atoms with Crippen molar-refractivity contribution in [3.8, 4) is 11.3 Å². The van der Waals surface area contributed by atoms with Crippen molar-refractivity contribution < 1.29 is 18.0 Å². The minimum atomic E-state index is -3.99. The minimum Gasteiger partial charge on any atom is -0.325 e. The summed E-state index contributed by atoms with van der Waals surface area (Å²) in [6.07, 6.45) is 0. The van der Waals surface area contributed by atoms with Crippen molar-refractivity contribution >= 4 is 43.8 Å². The molecule has 0 aliphatic heterocycles. The average molecular weight is 430 g/mol. The Morgan fingerprint density at radius 3 is 2.28 bits per heavy atom. The maximum Gasteiger partial charge on any atom is 0.244 e. The molecule has 0 radical (unpaired) electrons. The Morgan fingerprint density at radius 2 is 1.62 bits per heavy atom. The first-order valence-corrected chi connectivity index (χ1v) is 11.3. The SMILES string of the molecule is CC(C(=O)Nc1nc(-c2ccccc2)cs1)S(=O)(=O)CC(=O)Nc1ccccc1. The van der Waals surface area contributed by atoms with Gasteiger partial charge in [0, 0.05) is 16.6 Å². The molecule has 1 aromatic heterocycles. The molecule has 0 spiro atoms. The number of thiazole rings is 1. The van der Waals surface area contributed by atoms with E-state index in [1.807, 2.05) is 30.3 Å². The van der Waals surface area contributed by atoms with E-state index in [9.17, 15) is 18.0 Å². The molecule has 0 saturated carbocycles. The van der Waals surface area contributed by atoms with Gasteiger partial charge in [0.1, 0.15) is 11.0 Å². The van der Waals surface area contributed by atoms with Crippen LogP contribution < -0.4 is 10.6 Å². The summed E-state index contributed by atoms with van der Waals surface area (Å²) in [6, 6.07) is 17.9. The monoisotopic (exact) mass is 429 g/mol. The van der Waals surface area contributed by atoms with Crippen molar-refractivity contribution in [3.63, 3.8) is 0 Å². The number of hydrogen-bond acceptors (Lipinski definition) is 6. The van der Waals surface area contributed by atoms with Gasteiger partial charge in [0.25, 0.3) is 0 Å². The standard InChI is InChI=1S/C20H19N3O4S2/c1-14(29(26,27)13-18(24)21-16-10-6-3-7-11-16)19(25)23-20-22-17(12-28-20)15-8-4-2-5-9-15/h2-12,14H,13H2,1H3,(H,21,24)(H,22,23,25). The lowest BCUT2D eigenvalue weighted by atomic mass is 10.2. The molecule has 29 heavy (non-hydrogen) atoms. The van der Waals surface area contributed by atoms with Crippen LogP contribution >= 0.6 is 11.3 Å². The van der Waals surface area contributed by atoms with Gasteiger partial charge in [-0.25, -0.2) is 13.4 Å². The van der Waals surface area contributed by atoms with Crippen molar-refractivity contribution in [2.45, 2.75) is 12.2 Å². The van der Waals surface area contributed by atoms with Crippen LogP contribution in [0.15, 0.2) is 66.0 Å². The summed E-state index contributed by atoms with van der Waals surface area (Å²) in [5.41, 5.74) is 2.06. The summed E-state index contributed by atoms with van der Waals surface area (Å²) in [4.78, 5) is 28.7. The highest BCUT2D eigenvalue weighted by Gasteiger charge is 2.30. The van der Waals surface area contributed by atoms with Gasteiger partial charge < -0.3 is 10.6 Å². The third-order valence-corrected chi connectivity index (χ3v) is 6.82. The van der Waals surface area contributed by atoms with E-state index in [-0.39, 0.29) is 0 Å². The molecule has 0 aliphatic rings. The minimum absolute atomic E-state index is 0.296. The number of nitrogens with one attached hydrogen (secondary N) is 2. The van der Waals surface area contributed by atoms with Crippen LogP contribution in [0.3, 0.4) is 0 Å². The van der Waals surface area contributed by atoms with Crippen LogP contribution in [-0.2, 0) is 19.4 Å². The zero-order chi connectivity index (χ0) is 20.9. The van der Waals surface area contributed by atoms with E-state index >= 15 is 0 Å². The lowest BCUT2D eigenvalue weighted by molar-refractivity contribution is -0.115. The van der Waals surface area contributed by atoms with Gasteiger partial charge in [-0.05, 0) is 19.1 Å². The number of carbonyl (C=O) groups excluding carboxylic acids is 2. The number of carbonyl (C=O) groups is 2. The Morgan fingerprint density at radius 1 is 1.00 bits per heavy atom. The Balaban J connectivity index is 1.61. The first-order valence-electron chi connectivity index (χ1n) is 8.73. The van der Waals surface area contributed by atoms with Gasteiger partial charge in [-0.2, -0.15) is 0 Å². The largest absolute Gasteiger partial charge is 0.325 e. The number of amides is 2. The Labute approximate surface area is 172 Å². The normalized spacial score (nSPS) is 12.2. The van der Waals surface area contributed by atoms with Gasteiger partial charge in [0.15, 0.2) is 15.0 Å². The van der Waals surface area contributed by atoms with E-state index in [1.54, 1.807) is 35.7 Å². The summed E-state index contributed by atoms with van der Waals surface area (Å²) >= 11 is 1.20. The van der Waals surface area contributed by atoms with Gasteiger partial charge in [-0.3, -0.25) is 9.59 Å². The van der Waals surface area contributed by atoms with Crippen molar-refractivity contribution in [1.82, 2.24) is 4.98 Å². The highest BCUT2D eigenvalue weighted by molar-refractivity contribution is 7.93. The fourth-order valence-corrected chi connectivity index (χ4v) is 4.26. The highest BCUT2D eigenvalue weighted by atomic mass is 32.2. The second-order valence-corrected chi connectivity index (χ2v) is 9.44. The van der Waals surface area contributed by atoms with Crippen LogP contribution in [0.1, 0.15) is 6.92 Å². The molecule has 1 heterocycles. The molecular formula is C20H19N3O4S2. The Bertz CT molecular complexity index is 1100. The van der Waals surface area contributed by atoms with E-state index in [0.717, 1.165) is 5.56 Å². The first kappa shape index (κ1) is 20.7. The van der Waals surface area contributed by atoms with E-state index in [0.29, 0.717) is 16.5 Å². The summed E-state index contributed by atoms with van der Waals surface area (Å²) in [5, 5.41) is 5.70. The number of hydrogen-bond donors (Lipinski definition) is 2. The number of para-hydroxylation sites is 1. The number of benzene rings is 2. The first-order chi connectivity index (χ1) is 13.8. The van der Waals surface area contributed by atoms with E-state index < -0.39 is 32.7 Å². The number of aromatic nitrogens is 1. The molecule has 0 saturated heterocycles. The van der Waals surface area contributed by atoms with Crippen molar-refractivity contribution in [2.75, 3.05) is 16.4 Å². The predicted molar refractivity (Wildman–Crippen MR) is 115 cm³/mol. The van der Waals surface area contributed by atoms with Crippen LogP contribution in [0.4, 0.5) is 10.8 Å². The quantitative estimate of drug-likeness (QED) is 0.600. The second kappa shape index (κ2) is 8.97. The van der Waals surface area contributed by atoms with Gasteiger partial charge in [-0.1, -0.05) is 48.5 Å². The van der Waals surface area contributed by atoms with Gasteiger partial charge >= 0.3 is 0 Å². The van der Waals surface area contributed by atoms with Gasteiger partial charge in [-0.15, -0.1) is 11.3 Å². The third-order valence-electron chi connectivity index (χ3n) is 4.10. The number of sulfone groups is 1. The summed E-state index contributed by atoms with van der Waals surface area (Å²) in [7, 11) is -3.99. The number of rotatable bonds is 7. The maximum absolute atomic E-state index is 12.5. The summed E-state index contributed by atoms with van der Waals surface area (Å²) < 4.78 is 24.9. The topological polar surface area (TPSA) is 105 Å². The molecule has 7 nitrogen and oxygen atoms in total. The molecule has 150 valence electrons. The smallest absolute Gasteiger partial charge is 0.244 e. The molecule has 0 bridgehead atoms. The second-order valence-electron chi connectivity index (χ2n) is 6.26. The molecule has 2 amide bonds. The Hall–Kier alpha value is -3.04. The lowest BCUT2D eigenvalue weighted by Gasteiger charge is -2.12. The average Bonchev–Trinajstić information content (AvgIpc) is 3.16. The van der Waals surface area contributed by atoms with E-state index in [4.69, 9.17) is 0 Å². The molecule has 9 heteroatoms. The molecule has 2 aromatic carbocycles. The lowest BCUT2D eigenvalue weighted by Crippen LogP contribution is -2.37. The van der Waals surface area contributed by atoms with E-state index in [1.165, 1.54) is 18.3 Å². The van der Waals surface area contributed by atoms with Gasteiger partial charge in [0.2, 0.25) is 11.8 Å². The van der Waals surface area contributed by atoms with Crippen molar-refractivity contribution in [1.29, 1.82) is 0 Å². The summed E-state index contributed by atoms with van der Waals surface area (Å²) in [5.74, 6) is -2.22. The molecule has 0 aliphatic carbocycles. The number of anilines is 2. The zero-order valence-corrected chi connectivity index (χ0v) is 17.2. The molecule has 1 atom stereocenters. The predicted octanol–water partition coefficient (Wildman–Crippen LogP) is 3.19. The third kappa shape index (κ3) is 5.49. The van der Waals surface area contributed by atoms with Gasteiger partial charge in [0.05, 0.1) is 5.69 Å². The summed E-state index contributed by atoms with van der Waals surface area (Å²) in [6.45, 7) is 1.26. The van der Waals surface area contributed by atoms with Crippen LogP contribution in [-0.4, -0.2) is 36.2 Å². The fraction of sp³-hybridized carbons (Fsp3) is 0.150. The van der Waals surface area contributed by atoms with Crippen molar-refractivity contribution in [2.24, 2.45) is 0 Å². The highest BCUT2D eigenvalue weighted by Crippen LogP contribution is 2.25. The molecule has 2 N–H and O–H groups in total. The Kier molecular flexibility index (Phi) is 6.40. The van der Waals surface area contributed by atoms with Crippen LogP contribution in [0, 0.1) is 0 Å². The van der Waals surface area contributed by atoms with Crippen molar-refractivity contribution in [3.05, 3.63) is 66.0 Å². The van der Waals surface area contributed by atoms with Crippen LogP contribution in [0.25, 0.3) is 11.3 Å². The maximum atomic E-state index is 12.5. The van der Waals surface area contributed by atoms with Crippen LogP contribution in [0.5, 0.6) is 0 Å². The molecule has 3 rings (SSSR count). The fourth-order valence-electron chi connectivity index (χ4n) is 2.47. The van der Waals surface area contributed by atoms with Crippen LogP contribution in [0.2, 0.25) is 0 Å². The molecular weight excluding hydrogens is 410 g/mol.